The molecule has 2 rings (SSSR count). The van der Waals surface area contributed by atoms with Crippen LogP contribution < -0.4 is 5.32 Å². The summed E-state index contributed by atoms with van der Waals surface area (Å²) in [5.74, 6) is -1.24. The molecule has 2 aliphatic heterocycles. The molecule has 2 heterocycles. The molecule has 0 spiro atoms. The van der Waals surface area contributed by atoms with Gasteiger partial charge in [-0.05, 0) is 19.3 Å². The van der Waals surface area contributed by atoms with Crippen molar-refractivity contribution in [3.05, 3.63) is 0 Å². The van der Waals surface area contributed by atoms with E-state index in [1.807, 2.05) is 6.92 Å². The first-order valence-electron chi connectivity index (χ1n) is 6.51. The van der Waals surface area contributed by atoms with Gasteiger partial charge in [0, 0.05) is 19.7 Å². The lowest BCUT2D eigenvalue weighted by molar-refractivity contribution is -0.141. The smallest absolute Gasteiger partial charge is 0.317 e. The third-order valence-corrected chi connectivity index (χ3v) is 3.75. The molecule has 2 amide bonds. The molecule has 2 saturated heterocycles. The van der Waals surface area contributed by atoms with Gasteiger partial charge in [-0.2, -0.15) is 0 Å². The summed E-state index contributed by atoms with van der Waals surface area (Å²) in [7, 11) is 0. The number of hydrogen-bond donors (Lipinski definition) is 2. The van der Waals surface area contributed by atoms with Crippen molar-refractivity contribution in [3.8, 4) is 0 Å². The summed E-state index contributed by atoms with van der Waals surface area (Å²) in [5, 5.41) is 11.8. The maximum atomic E-state index is 12.0. The molecule has 6 heteroatoms. The number of carbonyl (C=O) groups excluding carboxylic acids is 1. The van der Waals surface area contributed by atoms with Gasteiger partial charge in [-0.3, -0.25) is 4.79 Å². The number of nitrogens with zero attached hydrogens (tertiary/aromatic N) is 1. The molecule has 2 N–H and O–H groups in total. The summed E-state index contributed by atoms with van der Waals surface area (Å²) in [6, 6.07) is -0.0981. The number of carboxylic acids is 1. The number of carbonyl (C=O) groups is 2. The molecular weight excluding hydrogens is 236 g/mol. The average molecular weight is 256 g/mol. The SMILES string of the molecule is CC[C@@H]1OCC[C@H]1NC(=O)N1CCC(C(=O)O)C1. The molecule has 0 aliphatic carbocycles. The Labute approximate surface area is 106 Å². The third-order valence-electron chi connectivity index (χ3n) is 3.75. The Morgan fingerprint density at radius 1 is 1.44 bits per heavy atom. The lowest BCUT2D eigenvalue weighted by Crippen LogP contribution is -2.47. The van der Waals surface area contributed by atoms with Crippen molar-refractivity contribution in [2.24, 2.45) is 5.92 Å². The molecule has 0 aromatic carbocycles. The van der Waals surface area contributed by atoms with Crippen molar-refractivity contribution in [2.75, 3.05) is 19.7 Å². The normalized spacial score (nSPS) is 31.6. The van der Waals surface area contributed by atoms with Crippen molar-refractivity contribution >= 4 is 12.0 Å². The van der Waals surface area contributed by atoms with Crippen LogP contribution in [0, 0.1) is 5.92 Å². The highest BCUT2D eigenvalue weighted by Crippen LogP contribution is 2.19. The van der Waals surface area contributed by atoms with Crippen molar-refractivity contribution in [1.29, 1.82) is 0 Å². The number of rotatable bonds is 3. The summed E-state index contributed by atoms with van der Waals surface area (Å²) >= 11 is 0. The molecule has 0 saturated carbocycles. The molecule has 2 fully saturated rings. The van der Waals surface area contributed by atoms with E-state index in [1.54, 1.807) is 4.90 Å². The van der Waals surface area contributed by atoms with Gasteiger partial charge in [-0.1, -0.05) is 6.92 Å². The first-order valence-corrected chi connectivity index (χ1v) is 6.51. The van der Waals surface area contributed by atoms with E-state index in [9.17, 15) is 9.59 Å². The van der Waals surface area contributed by atoms with Crippen LogP contribution in [0.2, 0.25) is 0 Å². The van der Waals surface area contributed by atoms with Gasteiger partial charge in [0.1, 0.15) is 0 Å². The van der Waals surface area contributed by atoms with Crippen LogP contribution in [0.15, 0.2) is 0 Å². The predicted molar refractivity (Wildman–Crippen MR) is 64.3 cm³/mol. The van der Waals surface area contributed by atoms with Crippen LogP contribution in [0.3, 0.4) is 0 Å². The van der Waals surface area contributed by atoms with Gasteiger partial charge in [-0.25, -0.2) is 4.79 Å². The molecule has 102 valence electrons. The highest BCUT2D eigenvalue weighted by atomic mass is 16.5. The zero-order valence-corrected chi connectivity index (χ0v) is 10.6. The number of hydrogen-bond acceptors (Lipinski definition) is 3. The minimum atomic E-state index is -0.819. The van der Waals surface area contributed by atoms with E-state index < -0.39 is 11.9 Å². The van der Waals surface area contributed by atoms with Crippen molar-refractivity contribution < 1.29 is 19.4 Å². The summed E-state index contributed by atoms with van der Waals surface area (Å²) in [5.41, 5.74) is 0. The fourth-order valence-electron chi connectivity index (χ4n) is 2.61. The zero-order valence-electron chi connectivity index (χ0n) is 10.6. The number of urea groups is 1. The monoisotopic (exact) mass is 256 g/mol. The highest BCUT2D eigenvalue weighted by molar-refractivity contribution is 5.77. The van der Waals surface area contributed by atoms with Gasteiger partial charge in [0.25, 0.3) is 0 Å². The van der Waals surface area contributed by atoms with Crippen molar-refractivity contribution in [2.45, 2.75) is 38.3 Å². The first-order chi connectivity index (χ1) is 8.61. The fourth-order valence-corrected chi connectivity index (χ4v) is 2.61. The molecule has 3 atom stereocenters. The topological polar surface area (TPSA) is 78.9 Å². The highest BCUT2D eigenvalue weighted by Gasteiger charge is 2.34. The Hall–Kier alpha value is -1.30. The first kappa shape index (κ1) is 13.1. The minimum absolute atomic E-state index is 0.0615. The van der Waals surface area contributed by atoms with E-state index in [0.29, 0.717) is 26.1 Å². The fraction of sp³-hybridized carbons (Fsp3) is 0.833. The number of amides is 2. The second kappa shape index (κ2) is 5.56. The summed E-state index contributed by atoms with van der Waals surface area (Å²) in [6.07, 6.45) is 2.34. The van der Waals surface area contributed by atoms with Crippen LogP contribution in [0.25, 0.3) is 0 Å². The number of aliphatic carboxylic acids is 1. The van der Waals surface area contributed by atoms with Gasteiger partial charge in [0.15, 0.2) is 0 Å². The minimum Gasteiger partial charge on any atom is -0.481 e. The molecule has 0 aromatic heterocycles. The Bertz CT molecular complexity index is 334. The Morgan fingerprint density at radius 3 is 2.83 bits per heavy atom. The van der Waals surface area contributed by atoms with Crippen molar-refractivity contribution in [1.82, 2.24) is 10.2 Å². The van der Waals surface area contributed by atoms with Gasteiger partial charge in [0.2, 0.25) is 0 Å². The largest absolute Gasteiger partial charge is 0.481 e. The number of likely N-dealkylation sites (tertiary alicyclic amines) is 1. The van der Waals surface area contributed by atoms with E-state index in [2.05, 4.69) is 5.32 Å². The zero-order chi connectivity index (χ0) is 13.1. The van der Waals surface area contributed by atoms with E-state index >= 15 is 0 Å². The van der Waals surface area contributed by atoms with Gasteiger partial charge in [-0.15, -0.1) is 0 Å². The van der Waals surface area contributed by atoms with Crippen LogP contribution in [-0.4, -0.2) is 53.8 Å². The molecule has 0 aromatic rings. The van der Waals surface area contributed by atoms with Gasteiger partial charge < -0.3 is 20.1 Å². The van der Waals surface area contributed by atoms with E-state index in [0.717, 1.165) is 12.8 Å². The van der Waals surface area contributed by atoms with Crippen LogP contribution in [-0.2, 0) is 9.53 Å². The molecule has 0 bridgehead atoms. The molecular formula is C12H20N2O4. The molecule has 1 unspecified atom stereocenters. The summed E-state index contributed by atoms with van der Waals surface area (Å²) in [6.45, 7) is 3.55. The standard InChI is InChI=1S/C12H20N2O4/c1-2-10-9(4-6-18-10)13-12(17)14-5-3-8(7-14)11(15)16/h8-10H,2-7H2,1H3,(H,13,17)(H,15,16)/t8?,9-,10+/m1/s1. The van der Waals surface area contributed by atoms with Crippen molar-refractivity contribution in [3.63, 3.8) is 0 Å². The summed E-state index contributed by atoms with van der Waals surface area (Å²) in [4.78, 5) is 24.4. The number of carboxylic acid groups (broad SMARTS) is 1. The van der Waals surface area contributed by atoms with Crippen LogP contribution >= 0.6 is 0 Å². The Morgan fingerprint density at radius 2 is 2.22 bits per heavy atom. The van der Waals surface area contributed by atoms with Gasteiger partial charge in [0.05, 0.1) is 18.1 Å². The van der Waals surface area contributed by atoms with Gasteiger partial charge >= 0.3 is 12.0 Å². The summed E-state index contributed by atoms with van der Waals surface area (Å²) < 4.78 is 5.51. The number of nitrogens with one attached hydrogen (secondary N) is 1. The molecule has 18 heavy (non-hydrogen) atoms. The van der Waals surface area contributed by atoms with E-state index in [1.165, 1.54) is 0 Å². The molecule has 0 radical (unpaired) electrons. The van der Waals surface area contributed by atoms with Crippen LogP contribution in [0.4, 0.5) is 4.79 Å². The third kappa shape index (κ3) is 2.75. The lowest BCUT2D eigenvalue weighted by atomic mass is 10.1. The van der Waals surface area contributed by atoms with E-state index in [4.69, 9.17) is 9.84 Å². The second-order valence-electron chi connectivity index (χ2n) is 4.93. The van der Waals surface area contributed by atoms with E-state index in [-0.39, 0.29) is 18.2 Å². The molecule has 6 nitrogen and oxygen atoms in total. The van der Waals surface area contributed by atoms with Crippen LogP contribution in [0.1, 0.15) is 26.2 Å². The van der Waals surface area contributed by atoms with Crippen LogP contribution in [0.5, 0.6) is 0 Å². The maximum Gasteiger partial charge on any atom is 0.317 e. The Kier molecular flexibility index (Phi) is 4.06. The maximum absolute atomic E-state index is 12.0. The molecule has 2 aliphatic rings. The lowest BCUT2D eigenvalue weighted by Gasteiger charge is -2.23. The Balaban J connectivity index is 1.83. The number of ether oxygens (including phenoxy) is 1. The second-order valence-corrected chi connectivity index (χ2v) is 4.93. The average Bonchev–Trinajstić information content (AvgIpc) is 2.96. The quantitative estimate of drug-likeness (QED) is 0.778. The predicted octanol–water partition coefficient (Wildman–Crippen LogP) is 0.670.